The van der Waals surface area contributed by atoms with Crippen molar-refractivity contribution in [3.05, 3.63) is 23.2 Å². The Morgan fingerprint density at radius 3 is 2.31 bits per heavy atom. The van der Waals surface area contributed by atoms with Crippen LogP contribution in [0.3, 0.4) is 0 Å². The minimum Gasteiger partial charge on any atom is -0.367 e. The van der Waals surface area contributed by atoms with Crippen LogP contribution in [-0.4, -0.2) is 42.7 Å². The number of nitrogens with zero attached hydrogens (tertiary/aromatic N) is 5. The van der Waals surface area contributed by atoms with E-state index in [1.54, 1.807) is 24.3 Å². The summed E-state index contributed by atoms with van der Waals surface area (Å²) in [4.78, 5) is 16.4. The Bertz CT molecular complexity index is 775. The fourth-order valence-electron chi connectivity index (χ4n) is 2.65. The van der Waals surface area contributed by atoms with E-state index in [1.807, 2.05) is 31.7 Å². The maximum Gasteiger partial charge on any atom is 0.237 e. The molecule has 0 atom stereocenters. The number of carbonyl (C=O) groups is 1. The summed E-state index contributed by atoms with van der Waals surface area (Å²) in [6.07, 6.45) is 0. The predicted octanol–water partition coefficient (Wildman–Crippen LogP) is 2.85. The number of hydrogen-bond acceptors (Lipinski definition) is 6. The molecule has 0 bridgehead atoms. The summed E-state index contributed by atoms with van der Waals surface area (Å²) in [6, 6.07) is 8.69. The first-order valence-corrected chi connectivity index (χ1v) is 8.62. The Morgan fingerprint density at radius 1 is 1.19 bits per heavy atom. The molecule has 1 aliphatic rings. The van der Waals surface area contributed by atoms with Gasteiger partial charge in [-0.2, -0.15) is 15.6 Å². The molecule has 1 heterocycles. The Morgan fingerprint density at radius 2 is 1.81 bits per heavy atom. The lowest BCUT2D eigenvalue weighted by Gasteiger charge is -2.39. The zero-order chi connectivity index (χ0) is 19.3. The Labute approximate surface area is 158 Å². The van der Waals surface area contributed by atoms with Gasteiger partial charge in [-0.25, -0.2) is 0 Å². The molecular weight excluding hydrogens is 352 g/mol. The zero-order valence-electron chi connectivity index (χ0n) is 15.1. The highest BCUT2D eigenvalue weighted by Crippen LogP contribution is 2.30. The molecule has 0 unspecified atom stereocenters. The van der Waals surface area contributed by atoms with E-state index < -0.39 is 0 Å². The van der Waals surface area contributed by atoms with Crippen molar-refractivity contribution in [3.63, 3.8) is 0 Å². The number of anilines is 2. The lowest BCUT2D eigenvalue weighted by Crippen LogP contribution is -2.51. The molecule has 2 rings (SSSR count). The van der Waals surface area contributed by atoms with Crippen LogP contribution < -0.4 is 10.3 Å². The van der Waals surface area contributed by atoms with E-state index >= 15 is 0 Å². The van der Waals surface area contributed by atoms with Gasteiger partial charge < -0.3 is 9.80 Å². The van der Waals surface area contributed by atoms with Gasteiger partial charge in [0.05, 0.1) is 16.4 Å². The summed E-state index contributed by atoms with van der Waals surface area (Å²) in [6.45, 7) is 8.51. The lowest BCUT2D eigenvalue weighted by atomic mass is 9.94. The molecule has 1 fully saturated rings. The van der Waals surface area contributed by atoms with Gasteiger partial charge in [0.15, 0.2) is 0 Å². The molecule has 26 heavy (non-hydrogen) atoms. The molecule has 1 N–H and O–H groups in total. The number of carbonyl (C=O) groups excluding carboxylic acids is 1. The quantitative estimate of drug-likeness (QED) is 0.650. The maximum absolute atomic E-state index is 12.4. The molecular formula is C18H21ClN6O. The van der Waals surface area contributed by atoms with Crippen molar-refractivity contribution < 1.29 is 4.79 Å². The van der Waals surface area contributed by atoms with Crippen molar-refractivity contribution in [2.24, 2.45) is 10.5 Å². The van der Waals surface area contributed by atoms with Gasteiger partial charge in [-0.15, -0.1) is 0 Å². The number of amides is 1. The largest absolute Gasteiger partial charge is 0.367 e. The van der Waals surface area contributed by atoms with Crippen LogP contribution in [0.5, 0.6) is 0 Å². The first kappa shape index (κ1) is 19.6. The van der Waals surface area contributed by atoms with E-state index in [0.717, 1.165) is 5.69 Å². The van der Waals surface area contributed by atoms with Gasteiger partial charge >= 0.3 is 0 Å². The molecule has 1 aromatic rings. The van der Waals surface area contributed by atoms with E-state index in [2.05, 4.69) is 15.4 Å². The molecule has 1 amide bonds. The van der Waals surface area contributed by atoms with Crippen LogP contribution >= 0.6 is 11.6 Å². The first-order chi connectivity index (χ1) is 12.3. The third-order valence-electron chi connectivity index (χ3n) is 4.01. The monoisotopic (exact) mass is 372 g/mol. The molecule has 0 spiro atoms. The summed E-state index contributed by atoms with van der Waals surface area (Å²) in [5, 5.41) is 21.6. The Hall–Kier alpha value is -2.77. The standard InChI is InChI=1S/C18H21ClN6O/c1-18(2,3)17(26)25-8-6-24(7-9-25)16-5-4-13(10-15(16)19)22-23-14(11-20)12-21/h4-5,10,22H,6-9H2,1-3H3. The molecule has 1 saturated heterocycles. The summed E-state index contributed by atoms with van der Waals surface area (Å²) in [7, 11) is 0. The molecule has 136 valence electrons. The van der Waals surface area contributed by atoms with Crippen molar-refractivity contribution >= 4 is 34.6 Å². The second kappa shape index (κ2) is 8.07. The van der Waals surface area contributed by atoms with Crippen LogP contribution in [-0.2, 0) is 4.79 Å². The molecule has 1 aromatic carbocycles. The average molecular weight is 373 g/mol. The SMILES string of the molecule is CC(C)(C)C(=O)N1CCN(c2ccc(NN=C(C#N)C#N)cc2Cl)CC1. The van der Waals surface area contributed by atoms with Crippen LogP contribution in [0.4, 0.5) is 11.4 Å². The van der Waals surface area contributed by atoms with E-state index in [1.165, 1.54) is 0 Å². The summed E-state index contributed by atoms with van der Waals surface area (Å²) in [5.74, 6) is 0.159. The van der Waals surface area contributed by atoms with Crippen molar-refractivity contribution in [1.29, 1.82) is 10.5 Å². The third-order valence-corrected chi connectivity index (χ3v) is 4.31. The van der Waals surface area contributed by atoms with Gasteiger partial charge in [-0.05, 0) is 18.2 Å². The highest BCUT2D eigenvalue weighted by Gasteiger charge is 2.30. The van der Waals surface area contributed by atoms with Gasteiger partial charge in [0.25, 0.3) is 0 Å². The molecule has 0 saturated carbocycles. The topological polar surface area (TPSA) is 95.5 Å². The highest BCUT2D eigenvalue weighted by molar-refractivity contribution is 6.33. The lowest BCUT2D eigenvalue weighted by molar-refractivity contribution is -0.139. The molecule has 0 aromatic heterocycles. The Balaban J connectivity index is 2.03. The first-order valence-electron chi connectivity index (χ1n) is 8.24. The Kier molecular flexibility index (Phi) is 6.07. The van der Waals surface area contributed by atoms with Crippen molar-refractivity contribution in [2.45, 2.75) is 20.8 Å². The molecule has 1 aliphatic heterocycles. The van der Waals surface area contributed by atoms with Gasteiger partial charge in [0.1, 0.15) is 12.1 Å². The molecule has 0 radical (unpaired) electrons. The minimum atomic E-state index is -0.376. The minimum absolute atomic E-state index is 0.159. The zero-order valence-corrected chi connectivity index (χ0v) is 15.8. The fourth-order valence-corrected chi connectivity index (χ4v) is 2.95. The van der Waals surface area contributed by atoms with E-state index in [0.29, 0.717) is 36.9 Å². The smallest absolute Gasteiger partial charge is 0.237 e. The number of piperazine rings is 1. The number of halogens is 1. The summed E-state index contributed by atoms with van der Waals surface area (Å²) < 4.78 is 0. The van der Waals surface area contributed by atoms with Crippen molar-refractivity contribution in [2.75, 3.05) is 36.5 Å². The fraction of sp³-hybridized carbons (Fsp3) is 0.444. The highest BCUT2D eigenvalue weighted by atomic mass is 35.5. The average Bonchev–Trinajstić information content (AvgIpc) is 2.61. The number of nitriles is 2. The number of hydrazone groups is 1. The van der Waals surface area contributed by atoms with Crippen LogP contribution in [0.15, 0.2) is 23.3 Å². The van der Waals surface area contributed by atoms with Gasteiger partial charge in [0.2, 0.25) is 11.6 Å². The van der Waals surface area contributed by atoms with Crippen LogP contribution in [0, 0.1) is 28.1 Å². The van der Waals surface area contributed by atoms with Crippen LogP contribution in [0.25, 0.3) is 0 Å². The third kappa shape index (κ3) is 4.65. The van der Waals surface area contributed by atoms with E-state index in [-0.39, 0.29) is 17.0 Å². The molecule has 0 aliphatic carbocycles. The van der Waals surface area contributed by atoms with E-state index in [9.17, 15) is 4.79 Å². The number of rotatable bonds is 3. The predicted molar refractivity (Wildman–Crippen MR) is 102 cm³/mol. The second-order valence-electron chi connectivity index (χ2n) is 6.99. The normalized spacial score (nSPS) is 14.2. The van der Waals surface area contributed by atoms with E-state index in [4.69, 9.17) is 22.1 Å². The van der Waals surface area contributed by atoms with Gasteiger partial charge in [-0.3, -0.25) is 10.2 Å². The summed E-state index contributed by atoms with van der Waals surface area (Å²) >= 11 is 6.38. The second-order valence-corrected chi connectivity index (χ2v) is 7.40. The number of hydrogen-bond donors (Lipinski definition) is 1. The van der Waals surface area contributed by atoms with Crippen molar-refractivity contribution in [1.82, 2.24) is 4.90 Å². The van der Waals surface area contributed by atoms with Crippen molar-refractivity contribution in [3.8, 4) is 12.1 Å². The van der Waals surface area contributed by atoms with Crippen LogP contribution in [0.1, 0.15) is 20.8 Å². The van der Waals surface area contributed by atoms with Crippen LogP contribution in [0.2, 0.25) is 5.02 Å². The van der Waals surface area contributed by atoms with Gasteiger partial charge in [0, 0.05) is 31.6 Å². The van der Waals surface area contributed by atoms with Gasteiger partial charge in [-0.1, -0.05) is 32.4 Å². The molecule has 7 nitrogen and oxygen atoms in total. The number of benzene rings is 1. The number of nitrogens with one attached hydrogen (secondary N) is 1. The molecule has 8 heteroatoms. The maximum atomic E-state index is 12.4. The summed E-state index contributed by atoms with van der Waals surface area (Å²) in [5.41, 5.74) is 3.47.